The Balaban J connectivity index is 1.50. The molecule has 0 spiro atoms. The van der Waals surface area contributed by atoms with Gasteiger partial charge in [-0.25, -0.2) is 4.98 Å². The molecule has 0 N–H and O–H groups in total. The number of nitrogens with zero attached hydrogens (tertiary/aromatic N) is 4. The SMILES string of the molecule is CN(C)C(=O)C[C@@H]1COCCN1Cc1ccc(OCCn2ccnc2)cc1. The largest absolute Gasteiger partial charge is 0.492 e. The third-order valence-electron chi connectivity index (χ3n) is 4.74. The first-order valence-corrected chi connectivity index (χ1v) is 9.31. The molecule has 1 aliphatic heterocycles. The summed E-state index contributed by atoms with van der Waals surface area (Å²) in [7, 11) is 3.59. The molecule has 1 aliphatic rings. The lowest BCUT2D eigenvalue weighted by Gasteiger charge is -2.35. The van der Waals surface area contributed by atoms with E-state index in [1.165, 1.54) is 5.56 Å². The fourth-order valence-corrected chi connectivity index (χ4v) is 3.08. The van der Waals surface area contributed by atoms with Crippen molar-refractivity contribution >= 4 is 5.91 Å². The molecule has 1 aromatic heterocycles. The molecule has 7 nitrogen and oxygen atoms in total. The maximum absolute atomic E-state index is 12.1. The van der Waals surface area contributed by atoms with E-state index in [2.05, 4.69) is 22.0 Å². The summed E-state index contributed by atoms with van der Waals surface area (Å²) in [6, 6.07) is 8.31. The second-order valence-electron chi connectivity index (χ2n) is 6.98. The van der Waals surface area contributed by atoms with Crippen molar-refractivity contribution in [2.24, 2.45) is 0 Å². The number of carbonyl (C=O) groups excluding carboxylic acids is 1. The maximum atomic E-state index is 12.1. The van der Waals surface area contributed by atoms with Crippen LogP contribution >= 0.6 is 0 Å². The predicted octanol–water partition coefficient (Wildman–Crippen LogP) is 1.64. The molecule has 0 aliphatic carbocycles. The second-order valence-corrected chi connectivity index (χ2v) is 6.98. The van der Waals surface area contributed by atoms with Crippen LogP contribution in [0.1, 0.15) is 12.0 Å². The van der Waals surface area contributed by atoms with E-state index in [1.54, 1.807) is 31.5 Å². The van der Waals surface area contributed by atoms with E-state index in [9.17, 15) is 4.79 Å². The lowest BCUT2D eigenvalue weighted by molar-refractivity contribution is -0.132. The maximum Gasteiger partial charge on any atom is 0.223 e. The third-order valence-corrected chi connectivity index (χ3v) is 4.74. The van der Waals surface area contributed by atoms with Gasteiger partial charge in [0.1, 0.15) is 12.4 Å². The van der Waals surface area contributed by atoms with Crippen LogP contribution in [0.15, 0.2) is 43.0 Å². The molecule has 2 heterocycles. The minimum atomic E-state index is 0.125. The Bertz CT molecular complexity index is 701. The number of benzene rings is 1. The quantitative estimate of drug-likeness (QED) is 0.705. The molecule has 0 unspecified atom stereocenters. The normalized spacial score (nSPS) is 17.6. The van der Waals surface area contributed by atoms with Gasteiger partial charge in [-0.15, -0.1) is 0 Å². The fraction of sp³-hybridized carbons (Fsp3) is 0.500. The molecule has 146 valence electrons. The van der Waals surface area contributed by atoms with Crippen molar-refractivity contribution in [3.8, 4) is 5.75 Å². The van der Waals surface area contributed by atoms with Crippen LogP contribution in [0.2, 0.25) is 0 Å². The molecule has 1 saturated heterocycles. The van der Waals surface area contributed by atoms with E-state index in [0.29, 0.717) is 26.2 Å². The lowest BCUT2D eigenvalue weighted by Crippen LogP contribution is -2.47. The number of rotatable bonds is 8. The number of carbonyl (C=O) groups is 1. The van der Waals surface area contributed by atoms with Crippen molar-refractivity contribution in [2.45, 2.75) is 25.6 Å². The van der Waals surface area contributed by atoms with Crippen molar-refractivity contribution < 1.29 is 14.3 Å². The molecule has 7 heteroatoms. The number of imidazole rings is 1. The Labute approximate surface area is 160 Å². The zero-order valence-electron chi connectivity index (χ0n) is 16.1. The van der Waals surface area contributed by atoms with Crippen LogP contribution in [0.4, 0.5) is 0 Å². The lowest BCUT2D eigenvalue weighted by atomic mass is 10.1. The van der Waals surface area contributed by atoms with Gasteiger partial charge in [-0.3, -0.25) is 9.69 Å². The molecule has 1 atom stereocenters. The highest BCUT2D eigenvalue weighted by Gasteiger charge is 2.26. The summed E-state index contributed by atoms with van der Waals surface area (Å²) in [4.78, 5) is 20.1. The molecule has 2 aromatic rings. The zero-order chi connectivity index (χ0) is 19.1. The van der Waals surface area contributed by atoms with E-state index in [0.717, 1.165) is 25.4 Å². The Hall–Kier alpha value is -2.38. The van der Waals surface area contributed by atoms with Crippen molar-refractivity contribution in [2.75, 3.05) is 40.5 Å². The molecular formula is C20H28N4O3. The van der Waals surface area contributed by atoms with Crippen LogP contribution in [0.3, 0.4) is 0 Å². The number of hydrogen-bond donors (Lipinski definition) is 0. The van der Waals surface area contributed by atoms with Crippen LogP contribution in [-0.4, -0.2) is 71.8 Å². The third kappa shape index (κ3) is 5.80. The summed E-state index contributed by atoms with van der Waals surface area (Å²) < 4.78 is 13.4. The van der Waals surface area contributed by atoms with Gasteiger partial charge in [0.2, 0.25) is 5.91 Å². The van der Waals surface area contributed by atoms with E-state index < -0.39 is 0 Å². The Morgan fingerprint density at radius 2 is 2.15 bits per heavy atom. The summed E-state index contributed by atoms with van der Waals surface area (Å²) in [5.41, 5.74) is 1.21. The van der Waals surface area contributed by atoms with E-state index in [4.69, 9.17) is 9.47 Å². The average Bonchev–Trinajstić information content (AvgIpc) is 3.18. The van der Waals surface area contributed by atoms with E-state index in [-0.39, 0.29) is 11.9 Å². The summed E-state index contributed by atoms with van der Waals surface area (Å²) in [5.74, 6) is 0.998. The van der Waals surface area contributed by atoms with Gasteiger partial charge in [-0.1, -0.05) is 12.1 Å². The highest BCUT2D eigenvalue weighted by Crippen LogP contribution is 2.18. The first-order valence-electron chi connectivity index (χ1n) is 9.31. The smallest absolute Gasteiger partial charge is 0.223 e. The van der Waals surface area contributed by atoms with Crippen molar-refractivity contribution in [3.63, 3.8) is 0 Å². The van der Waals surface area contributed by atoms with Crippen LogP contribution in [0, 0.1) is 0 Å². The standard InChI is InChI=1S/C20H28N4O3/c1-22(2)20(25)13-18-15-26-11-10-24(18)14-17-3-5-19(6-4-17)27-12-9-23-8-7-21-16-23/h3-8,16,18H,9-15H2,1-2H3/t18-/m1/s1. The van der Waals surface area contributed by atoms with Gasteiger partial charge in [0.25, 0.3) is 0 Å². The van der Waals surface area contributed by atoms with Gasteiger partial charge in [-0.2, -0.15) is 0 Å². The van der Waals surface area contributed by atoms with Gasteiger partial charge in [-0.05, 0) is 17.7 Å². The number of hydrogen-bond acceptors (Lipinski definition) is 5. The minimum absolute atomic E-state index is 0.125. The van der Waals surface area contributed by atoms with Gasteiger partial charge in [0, 0.05) is 52.0 Å². The molecule has 1 fully saturated rings. The zero-order valence-corrected chi connectivity index (χ0v) is 16.1. The highest BCUT2D eigenvalue weighted by atomic mass is 16.5. The molecule has 1 amide bonds. The minimum Gasteiger partial charge on any atom is -0.492 e. The Morgan fingerprint density at radius 1 is 1.33 bits per heavy atom. The Morgan fingerprint density at radius 3 is 2.85 bits per heavy atom. The van der Waals surface area contributed by atoms with Gasteiger partial charge >= 0.3 is 0 Å². The first-order chi connectivity index (χ1) is 13.1. The van der Waals surface area contributed by atoms with Gasteiger partial charge in [0.05, 0.1) is 26.1 Å². The van der Waals surface area contributed by atoms with Crippen molar-refractivity contribution in [1.82, 2.24) is 19.4 Å². The van der Waals surface area contributed by atoms with Crippen molar-refractivity contribution in [3.05, 3.63) is 48.5 Å². The molecular weight excluding hydrogens is 344 g/mol. The number of amides is 1. The molecule has 3 rings (SSSR count). The summed E-state index contributed by atoms with van der Waals surface area (Å²) in [6.07, 6.45) is 5.96. The molecule has 1 aromatic carbocycles. The average molecular weight is 372 g/mol. The first kappa shape index (κ1) is 19.4. The molecule has 27 heavy (non-hydrogen) atoms. The summed E-state index contributed by atoms with van der Waals surface area (Å²) in [5, 5.41) is 0. The molecule has 0 radical (unpaired) electrons. The summed E-state index contributed by atoms with van der Waals surface area (Å²) >= 11 is 0. The summed E-state index contributed by atoms with van der Waals surface area (Å²) in [6.45, 7) is 4.35. The number of morpholine rings is 1. The van der Waals surface area contributed by atoms with Crippen LogP contribution in [0.25, 0.3) is 0 Å². The van der Waals surface area contributed by atoms with Crippen LogP contribution in [0.5, 0.6) is 5.75 Å². The topological polar surface area (TPSA) is 59.8 Å². The highest BCUT2D eigenvalue weighted by molar-refractivity contribution is 5.76. The van der Waals surface area contributed by atoms with E-state index >= 15 is 0 Å². The van der Waals surface area contributed by atoms with Crippen LogP contribution in [-0.2, 0) is 22.6 Å². The second kappa shape index (κ2) is 9.53. The number of aromatic nitrogens is 2. The monoisotopic (exact) mass is 372 g/mol. The van der Waals surface area contributed by atoms with Crippen LogP contribution < -0.4 is 4.74 Å². The van der Waals surface area contributed by atoms with Gasteiger partial charge < -0.3 is 18.9 Å². The van der Waals surface area contributed by atoms with Gasteiger partial charge in [0.15, 0.2) is 0 Å². The molecule has 0 saturated carbocycles. The van der Waals surface area contributed by atoms with E-state index in [1.807, 2.05) is 22.9 Å². The molecule has 0 bridgehead atoms. The fourth-order valence-electron chi connectivity index (χ4n) is 3.08. The predicted molar refractivity (Wildman–Crippen MR) is 102 cm³/mol. The Kier molecular flexibility index (Phi) is 6.84. The van der Waals surface area contributed by atoms with Crippen molar-refractivity contribution in [1.29, 1.82) is 0 Å². The number of ether oxygens (including phenoxy) is 2.